The number of nitrogen functional groups attached to an aromatic ring is 1. The molecule has 1 amide bonds. The Morgan fingerprint density at radius 1 is 1.61 bits per heavy atom. The van der Waals surface area contributed by atoms with E-state index in [4.69, 9.17) is 16.2 Å². The fourth-order valence-corrected chi connectivity index (χ4v) is 1.74. The fraction of sp³-hybridized carbons (Fsp3) is 0.500. The summed E-state index contributed by atoms with van der Waals surface area (Å²) in [5.41, 5.74) is 11.4. The average molecular weight is 250 g/mol. The number of nitrogens with zero attached hydrogens (tertiary/aromatic N) is 2. The molecule has 0 radical (unpaired) electrons. The van der Waals surface area contributed by atoms with Gasteiger partial charge in [-0.1, -0.05) is 0 Å². The van der Waals surface area contributed by atoms with Gasteiger partial charge in [-0.2, -0.15) is 0 Å². The van der Waals surface area contributed by atoms with Gasteiger partial charge in [-0.25, -0.2) is 4.98 Å². The highest BCUT2D eigenvalue weighted by Gasteiger charge is 2.25. The lowest BCUT2D eigenvalue weighted by Gasteiger charge is -2.16. The largest absolute Gasteiger partial charge is 0.476 e. The zero-order chi connectivity index (χ0) is 13.1. The lowest BCUT2D eigenvalue weighted by atomic mass is 10.2. The van der Waals surface area contributed by atoms with Crippen molar-refractivity contribution in [2.75, 3.05) is 25.9 Å². The normalized spacial score (nSPS) is 14.8. The molecule has 6 nitrogen and oxygen atoms in total. The summed E-state index contributed by atoms with van der Waals surface area (Å²) in [5.74, 6) is -0.332. The van der Waals surface area contributed by atoms with Crippen molar-refractivity contribution in [3.63, 3.8) is 0 Å². The van der Waals surface area contributed by atoms with Crippen molar-refractivity contribution in [2.24, 2.45) is 5.73 Å². The van der Waals surface area contributed by atoms with Crippen molar-refractivity contribution < 1.29 is 9.53 Å². The van der Waals surface area contributed by atoms with Gasteiger partial charge in [-0.15, -0.1) is 0 Å². The van der Waals surface area contributed by atoms with E-state index in [1.54, 1.807) is 0 Å². The van der Waals surface area contributed by atoms with Gasteiger partial charge in [-0.05, 0) is 26.0 Å². The monoisotopic (exact) mass is 250 g/mol. The second kappa shape index (κ2) is 5.22. The van der Waals surface area contributed by atoms with Crippen LogP contribution in [0.5, 0.6) is 5.88 Å². The van der Waals surface area contributed by atoms with Gasteiger partial charge in [0.25, 0.3) is 5.91 Å². The van der Waals surface area contributed by atoms with Crippen LogP contribution < -0.4 is 16.2 Å². The number of primary amides is 1. The van der Waals surface area contributed by atoms with Crippen molar-refractivity contribution in [3.05, 3.63) is 17.8 Å². The van der Waals surface area contributed by atoms with Crippen LogP contribution in [0.3, 0.4) is 0 Å². The molecule has 1 aliphatic carbocycles. The van der Waals surface area contributed by atoms with E-state index in [1.165, 1.54) is 25.1 Å². The predicted octanol–water partition coefficient (Wildman–Crippen LogP) is 0.236. The Morgan fingerprint density at radius 2 is 2.33 bits per heavy atom. The summed E-state index contributed by atoms with van der Waals surface area (Å²) in [6, 6.07) is 2.17. The summed E-state index contributed by atoms with van der Waals surface area (Å²) in [6.45, 7) is 1.28. The lowest BCUT2D eigenvalue weighted by Crippen LogP contribution is -2.26. The van der Waals surface area contributed by atoms with Gasteiger partial charge in [-0.3, -0.25) is 4.79 Å². The van der Waals surface area contributed by atoms with E-state index < -0.39 is 5.91 Å². The van der Waals surface area contributed by atoms with E-state index >= 15 is 0 Å². The smallest absolute Gasteiger partial charge is 0.254 e. The topological polar surface area (TPSA) is 94.5 Å². The summed E-state index contributed by atoms with van der Waals surface area (Å²) >= 11 is 0. The number of rotatable bonds is 6. The van der Waals surface area contributed by atoms with E-state index in [1.807, 2.05) is 0 Å². The first kappa shape index (κ1) is 12.6. The third-order valence-electron chi connectivity index (χ3n) is 2.99. The second-order valence-corrected chi connectivity index (χ2v) is 4.55. The first-order chi connectivity index (χ1) is 8.58. The lowest BCUT2D eigenvalue weighted by molar-refractivity contribution is 0.0994. The highest BCUT2D eigenvalue weighted by atomic mass is 16.5. The summed E-state index contributed by atoms with van der Waals surface area (Å²) in [5, 5.41) is 0. The summed E-state index contributed by atoms with van der Waals surface area (Å²) in [4.78, 5) is 17.5. The van der Waals surface area contributed by atoms with Crippen LogP contribution in [-0.4, -0.2) is 42.0 Å². The minimum absolute atomic E-state index is 0.226. The highest BCUT2D eigenvalue weighted by Crippen LogP contribution is 2.25. The number of ether oxygens (including phenoxy) is 1. The first-order valence-electron chi connectivity index (χ1n) is 5.96. The molecule has 1 saturated carbocycles. The number of amides is 1. The van der Waals surface area contributed by atoms with Crippen molar-refractivity contribution in [2.45, 2.75) is 18.9 Å². The minimum atomic E-state index is -0.583. The predicted molar refractivity (Wildman–Crippen MR) is 68.3 cm³/mol. The van der Waals surface area contributed by atoms with Crippen molar-refractivity contribution >= 4 is 11.6 Å². The number of carbonyl (C=O) groups is 1. The van der Waals surface area contributed by atoms with Crippen molar-refractivity contribution in [1.82, 2.24) is 9.88 Å². The first-order valence-corrected chi connectivity index (χ1v) is 5.96. The van der Waals surface area contributed by atoms with E-state index in [9.17, 15) is 4.79 Å². The van der Waals surface area contributed by atoms with Gasteiger partial charge in [0, 0.05) is 12.6 Å². The molecule has 1 fully saturated rings. The average Bonchev–Trinajstić information content (AvgIpc) is 3.14. The van der Waals surface area contributed by atoms with Crippen LogP contribution in [0, 0.1) is 0 Å². The van der Waals surface area contributed by atoms with Crippen LogP contribution in [0.2, 0.25) is 0 Å². The molecule has 0 atom stereocenters. The van der Waals surface area contributed by atoms with Crippen LogP contribution in [-0.2, 0) is 0 Å². The molecule has 0 unspecified atom stereocenters. The molecule has 4 N–H and O–H groups in total. The van der Waals surface area contributed by atoms with E-state index in [0.29, 0.717) is 18.3 Å². The number of likely N-dealkylation sites (N-methyl/N-ethyl adjacent to an activating group) is 1. The standard InChI is InChI=1S/C12H18N4O2/c1-16(9-2-3-9)4-5-18-12-10(11(14)17)6-8(13)7-15-12/h6-7,9H,2-5,13H2,1H3,(H2,14,17). The van der Waals surface area contributed by atoms with Gasteiger partial charge >= 0.3 is 0 Å². The van der Waals surface area contributed by atoms with Gasteiger partial charge in [0.05, 0.1) is 11.9 Å². The molecule has 1 heterocycles. The number of aromatic nitrogens is 1. The Bertz CT molecular complexity index is 446. The molecule has 98 valence electrons. The van der Waals surface area contributed by atoms with Gasteiger partial charge < -0.3 is 21.1 Å². The molecule has 1 aliphatic rings. The second-order valence-electron chi connectivity index (χ2n) is 4.55. The Hall–Kier alpha value is -1.82. The minimum Gasteiger partial charge on any atom is -0.476 e. The van der Waals surface area contributed by atoms with Crippen molar-refractivity contribution in [3.8, 4) is 5.88 Å². The SMILES string of the molecule is CN(CCOc1ncc(N)cc1C(N)=O)C1CC1. The maximum Gasteiger partial charge on any atom is 0.254 e. The molecule has 2 rings (SSSR count). The van der Waals surface area contributed by atoms with Crippen molar-refractivity contribution in [1.29, 1.82) is 0 Å². The Labute approximate surface area is 106 Å². The number of anilines is 1. The molecule has 0 spiro atoms. The molecule has 0 aromatic carbocycles. The fourth-order valence-electron chi connectivity index (χ4n) is 1.74. The molecule has 1 aromatic rings. The van der Waals surface area contributed by atoms with Crippen LogP contribution in [0.1, 0.15) is 23.2 Å². The quantitative estimate of drug-likeness (QED) is 0.754. The summed E-state index contributed by atoms with van der Waals surface area (Å²) < 4.78 is 5.49. The van der Waals surface area contributed by atoms with Gasteiger partial charge in [0.2, 0.25) is 5.88 Å². The molecule has 0 aliphatic heterocycles. The van der Waals surface area contributed by atoms with E-state index in [-0.39, 0.29) is 11.4 Å². The van der Waals surface area contributed by atoms with Gasteiger partial charge in [0.15, 0.2) is 0 Å². The maximum atomic E-state index is 11.2. The number of nitrogens with two attached hydrogens (primary N) is 2. The highest BCUT2D eigenvalue weighted by molar-refractivity contribution is 5.95. The molecule has 0 bridgehead atoms. The third kappa shape index (κ3) is 3.10. The number of carbonyl (C=O) groups excluding carboxylic acids is 1. The molecule has 18 heavy (non-hydrogen) atoms. The zero-order valence-corrected chi connectivity index (χ0v) is 10.4. The van der Waals surface area contributed by atoms with Gasteiger partial charge in [0.1, 0.15) is 12.2 Å². The van der Waals surface area contributed by atoms with E-state index in [2.05, 4.69) is 16.9 Å². The number of hydrogen-bond donors (Lipinski definition) is 2. The summed E-state index contributed by atoms with van der Waals surface area (Å²) in [7, 11) is 2.06. The Morgan fingerprint density at radius 3 is 2.94 bits per heavy atom. The third-order valence-corrected chi connectivity index (χ3v) is 2.99. The van der Waals surface area contributed by atoms with Crippen LogP contribution in [0.15, 0.2) is 12.3 Å². The molecule has 0 saturated heterocycles. The molecular formula is C12H18N4O2. The van der Waals surface area contributed by atoms with Crippen LogP contribution in [0.4, 0.5) is 5.69 Å². The Balaban J connectivity index is 1.93. The summed E-state index contributed by atoms with van der Waals surface area (Å²) in [6.07, 6.45) is 3.96. The van der Waals surface area contributed by atoms with E-state index in [0.717, 1.165) is 6.54 Å². The Kier molecular flexibility index (Phi) is 3.66. The van der Waals surface area contributed by atoms with Crippen LogP contribution >= 0.6 is 0 Å². The van der Waals surface area contributed by atoms with Crippen LogP contribution in [0.25, 0.3) is 0 Å². The number of pyridine rings is 1. The zero-order valence-electron chi connectivity index (χ0n) is 10.4. The number of hydrogen-bond acceptors (Lipinski definition) is 5. The maximum absolute atomic E-state index is 11.2. The molecule has 6 heteroatoms. The molecule has 1 aromatic heterocycles. The molecular weight excluding hydrogens is 232 g/mol.